The number of hydrogen-bond acceptors (Lipinski definition) is 2. The van der Waals surface area contributed by atoms with E-state index in [1.807, 2.05) is 0 Å². The molecule has 1 N–H and O–H groups in total. The van der Waals surface area contributed by atoms with Crippen LogP contribution in [0.1, 0.15) is 36.8 Å². The van der Waals surface area contributed by atoms with Gasteiger partial charge in [-0.2, -0.15) is 0 Å². The monoisotopic (exact) mass is 244 g/mol. The lowest BCUT2D eigenvalue weighted by molar-refractivity contribution is 0.0885. The van der Waals surface area contributed by atoms with Crippen LogP contribution in [-0.2, 0) is 6.54 Å². The van der Waals surface area contributed by atoms with Gasteiger partial charge in [-0.25, -0.2) is 0 Å². The van der Waals surface area contributed by atoms with Gasteiger partial charge in [0.2, 0.25) is 0 Å². The molecule has 1 saturated carbocycles. The summed E-state index contributed by atoms with van der Waals surface area (Å²) in [6.07, 6.45) is 5.66. The predicted octanol–water partition coefficient (Wildman–Crippen LogP) is 2.71. The van der Waals surface area contributed by atoms with Gasteiger partial charge in [0, 0.05) is 31.7 Å². The average Bonchev–Trinajstić information content (AvgIpc) is 2.82. The van der Waals surface area contributed by atoms with Crippen LogP contribution in [0.15, 0.2) is 24.3 Å². The Labute approximate surface area is 110 Å². The summed E-state index contributed by atoms with van der Waals surface area (Å²) in [7, 11) is 0. The molecule has 0 amide bonds. The topological polar surface area (TPSA) is 15.3 Å². The van der Waals surface area contributed by atoms with Crippen LogP contribution in [0.2, 0.25) is 0 Å². The van der Waals surface area contributed by atoms with Crippen LogP contribution in [0.5, 0.6) is 0 Å². The van der Waals surface area contributed by atoms with Crippen molar-refractivity contribution in [3.8, 4) is 0 Å². The Morgan fingerprint density at radius 2 is 1.83 bits per heavy atom. The standard InChI is InChI=1S/C16H24N2/c1-13-6-2-3-7-14(13)12-18(16-10-17-11-16)15-8-4-5-9-15/h2-3,6-7,15-17H,4-5,8-12H2,1H3. The third-order valence-corrected chi connectivity index (χ3v) is 4.64. The SMILES string of the molecule is Cc1ccccc1CN(C1CCCC1)C1CNC1. The van der Waals surface area contributed by atoms with Gasteiger partial charge in [-0.3, -0.25) is 4.90 Å². The van der Waals surface area contributed by atoms with Gasteiger partial charge in [-0.15, -0.1) is 0 Å². The molecular weight excluding hydrogens is 220 g/mol. The van der Waals surface area contributed by atoms with Gasteiger partial charge in [0.25, 0.3) is 0 Å². The first kappa shape index (κ1) is 12.2. The summed E-state index contributed by atoms with van der Waals surface area (Å²) < 4.78 is 0. The van der Waals surface area contributed by atoms with Gasteiger partial charge in [0.1, 0.15) is 0 Å². The molecule has 1 aromatic carbocycles. The van der Waals surface area contributed by atoms with Gasteiger partial charge < -0.3 is 5.32 Å². The molecule has 0 radical (unpaired) electrons. The highest BCUT2D eigenvalue weighted by Crippen LogP contribution is 2.28. The summed E-state index contributed by atoms with van der Waals surface area (Å²) in [5, 5.41) is 3.42. The van der Waals surface area contributed by atoms with Crippen molar-refractivity contribution in [2.75, 3.05) is 13.1 Å². The van der Waals surface area contributed by atoms with Crippen molar-refractivity contribution in [2.45, 2.75) is 51.2 Å². The van der Waals surface area contributed by atoms with Crippen molar-refractivity contribution in [2.24, 2.45) is 0 Å². The molecule has 18 heavy (non-hydrogen) atoms. The fraction of sp³-hybridized carbons (Fsp3) is 0.625. The summed E-state index contributed by atoms with van der Waals surface area (Å²) in [6.45, 7) is 5.75. The van der Waals surface area contributed by atoms with Gasteiger partial charge in [0.15, 0.2) is 0 Å². The Balaban J connectivity index is 1.74. The normalized spacial score (nSPS) is 21.4. The number of benzene rings is 1. The Morgan fingerprint density at radius 1 is 1.11 bits per heavy atom. The summed E-state index contributed by atoms with van der Waals surface area (Å²) >= 11 is 0. The van der Waals surface area contributed by atoms with E-state index in [1.165, 1.54) is 49.9 Å². The lowest BCUT2D eigenvalue weighted by Gasteiger charge is -2.42. The molecule has 0 bridgehead atoms. The molecule has 1 saturated heterocycles. The maximum atomic E-state index is 3.42. The van der Waals surface area contributed by atoms with E-state index in [4.69, 9.17) is 0 Å². The zero-order chi connectivity index (χ0) is 12.4. The quantitative estimate of drug-likeness (QED) is 0.876. The van der Waals surface area contributed by atoms with E-state index < -0.39 is 0 Å². The molecule has 2 aliphatic rings. The summed E-state index contributed by atoms with van der Waals surface area (Å²) in [5.41, 5.74) is 2.95. The molecule has 0 aromatic heterocycles. The second-order valence-corrected chi connectivity index (χ2v) is 5.85. The van der Waals surface area contributed by atoms with E-state index in [9.17, 15) is 0 Å². The molecule has 2 fully saturated rings. The molecule has 98 valence electrons. The fourth-order valence-corrected chi connectivity index (χ4v) is 3.28. The Kier molecular flexibility index (Phi) is 3.67. The third kappa shape index (κ3) is 2.45. The Morgan fingerprint density at radius 3 is 2.44 bits per heavy atom. The highest BCUT2D eigenvalue weighted by atomic mass is 15.3. The van der Waals surface area contributed by atoms with E-state index in [0.29, 0.717) is 0 Å². The van der Waals surface area contributed by atoms with Crippen LogP contribution in [-0.4, -0.2) is 30.1 Å². The number of nitrogens with zero attached hydrogens (tertiary/aromatic N) is 1. The van der Waals surface area contributed by atoms with Crippen LogP contribution in [0, 0.1) is 6.92 Å². The minimum absolute atomic E-state index is 0.771. The molecule has 1 heterocycles. The van der Waals surface area contributed by atoms with Crippen molar-refractivity contribution < 1.29 is 0 Å². The van der Waals surface area contributed by atoms with Gasteiger partial charge in [0.05, 0.1) is 0 Å². The van der Waals surface area contributed by atoms with Crippen LogP contribution in [0.25, 0.3) is 0 Å². The van der Waals surface area contributed by atoms with Crippen molar-refractivity contribution in [1.29, 1.82) is 0 Å². The van der Waals surface area contributed by atoms with Crippen LogP contribution in [0.3, 0.4) is 0 Å². The Hall–Kier alpha value is -0.860. The van der Waals surface area contributed by atoms with E-state index in [2.05, 4.69) is 41.4 Å². The van der Waals surface area contributed by atoms with Gasteiger partial charge in [-0.1, -0.05) is 37.1 Å². The van der Waals surface area contributed by atoms with Crippen molar-refractivity contribution in [3.63, 3.8) is 0 Å². The Bertz CT molecular complexity index is 392. The summed E-state index contributed by atoms with van der Waals surface area (Å²) in [5.74, 6) is 0. The minimum atomic E-state index is 0.771. The maximum Gasteiger partial charge on any atom is 0.0351 e. The number of aryl methyl sites for hydroxylation is 1. The molecule has 0 atom stereocenters. The van der Waals surface area contributed by atoms with Crippen molar-refractivity contribution in [1.82, 2.24) is 10.2 Å². The largest absolute Gasteiger partial charge is 0.314 e. The number of rotatable bonds is 4. The molecule has 2 heteroatoms. The van der Waals surface area contributed by atoms with E-state index in [-0.39, 0.29) is 0 Å². The van der Waals surface area contributed by atoms with Crippen LogP contribution < -0.4 is 5.32 Å². The zero-order valence-corrected chi connectivity index (χ0v) is 11.4. The molecule has 0 spiro atoms. The molecule has 3 rings (SSSR count). The highest BCUT2D eigenvalue weighted by Gasteiger charge is 2.32. The van der Waals surface area contributed by atoms with Gasteiger partial charge in [-0.05, 0) is 30.9 Å². The first-order valence-corrected chi connectivity index (χ1v) is 7.35. The zero-order valence-electron chi connectivity index (χ0n) is 11.4. The molecular formula is C16H24N2. The van der Waals surface area contributed by atoms with Crippen LogP contribution in [0.4, 0.5) is 0 Å². The molecule has 0 unspecified atom stereocenters. The van der Waals surface area contributed by atoms with Crippen LogP contribution >= 0.6 is 0 Å². The highest BCUT2D eigenvalue weighted by molar-refractivity contribution is 5.25. The van der Waals surface area contributed by atoms with E-state index >= 15 is 0 Å². The molecule has 2 nitrogen and oxygen atoms in total. The predicted molar refractivity (Wildman–Crippen MR) is 75.6 cm³/mol. The molecule has 1 aliphatic carbocycles. The number of hydrogen-bond donors (Lipinski definition) is 1. The molecule has 1 aliphatic heterocycles. The summed E-state index contributed by atoms with van der Waals surface area (Å²) in [4.78, 5) is 2.77. The minimum Gasteiger partial charge on any atom is -0.314 e. The second-order valence-electron chi connectivity index (χ2n) is 5.85. The van der Waals surface area contributed by atoms with E-state index in [1.54, 1.807) is 0 Å². The second kappa shape index (κ2) is 5.41. The molecule has 1 aromatic rings. The first-order valence-electron chi connectivity index (χ1n) is 7.35. The van der Waals surface area contributed by atoms with Gasteiger partial charge >= 0.3 is 0 Å². The van der Waals surface area contributed by atoms with E-state index in [0.717, 1.165) is 18.6 Å². The smallest absolute Gasteiger partial charge is 0.0351 e. The lowest BCUT2D eigenvalue weighted by Crippen LogP contribution is -2.59. The summed E-state index contributed by atoms with van der Waals surface area (Å²) in [6, 6.07) is 10.5. The lowest BCUT2D eigenvalue weighted by atomic mass is 10.0. The number of nitrogens with one attached hydrogen (secondary N) is 1. The van der Waals surface area contributed by atoms with Crippen molar-refractivity contribution >= 4 is 0 Å². The maximum absolute atomic E-state index is 3.42. The average molecular weight is 244 g/mol. The third-order valence-electron chi connectivity index (χ3n) is 4.64. The first-order chi connectivity index (χ1) is 8.84. The van der Waals surface area contributed by atoms with Crippen molar-refractivity contribution in [3.05, 3.63) is 35.4 Å². The fourth-order valence-electron chi connectivity index (χ4n) is 3.28.